The molecule has 3 nitrogen and oxygen atoms in total. The maximum atomic E-state index is 5.78. The van der Waals surface area contributed by atoms with E-state index in [0.29, 0.717) is 17.5 Å². The summed E-state index contributed by atoms with van der Waals surface area (Å²) < 4.78 is 0. The number of nitrogens with zero attached hydrogens (tertiary/aromatic N) is 1. The van der Waals surface area contributed by atoms with Crippen molar-refractivity contribution in [2.45, 2.75) is 66.7 Å². The maximum Gasteiger partial charge on any atom is 0.0651 e. The molecule has 3 rings (SSSR count). The molecule has 0 saturated heterocycles. The number of nitrogens with two attached hydrogens (primary N) is 1. The smallest absolute Gasteiger partial charge is 0.0651 e. The number of benzene rings is 2. The highest BCUT2D eigenvalue weighted by molar-refractivity contribution is 6.00. The Morgan fingerprint density at radius 3 is 2.41 bits per heavy atom. The molecule has 0 aliphatic heterocycles. The van der Waals surface area contributed by atoms with Crippen molar-refractivity contribution in [1.82, 2.24) is 5.43 Å². The Labute approximate surface area is 194 Å². The second kappa shape index (κ2) is 11.0. The first-order valence-corrected chi connectivity index (χ1v) is 11.3. The Morgan fingerprint density at radius 2 is 1.81 bits per heavy atom. The van der Waals surface area contributed by atoms with Crippen LogP contribution in [-0.4, -0.2) is 5.71 Å². The summed E-state index contributed by atoms with van der Waals surface area (Å²) >= 11 is 0. The Hall–Kier alpha value is -3.07. The van der Waals surface area contributed by atoms with E-state index >= 15 is 0 Å². The number of hydrogen-bond donors (Lipinski definition) is 2. The van der Waals surface area contributed by atoms with E-state index in [1.807, 2.05) is 13.8 Å². The number of aryl methyl sites for hydroxylation is 2. The number of hydrazone groups is 1. The minimum absolute atomic E-state index is 0.431. The van der Waals surface area contributed by atoms with Crippen molar-refractivity contribution in [2.24, 2.45) is 10.8 Å². The number of nitrogens with one attached hydrogen (secondary N) is 1. The third-order valence-electron chi connectivity index (χ3n) is 5.63. The first-order chi connectivity index (χ1) is 15.0. The van der Waals surface area contributed by atoms with Gasteiger partial charge in [0.05, 0.1) is 5.71 Å². The molecular weight excluding hydrogens is 390 g/mol. The molecule has 170 valence electrons. The zero-order chi connectivity index (χ0) is 24.0. The van der Waals surface area contributed by atoms with Crippen molar-refractivity contribution in [2.75, 3.05) is 0 Å². The van der Waals surface area contributed by atoms with Crippen molar-refractivity contribution >= 4 is 11.8 Å². The maximum absolute atomic E-state index is 5.78. The Kier molecular flexibility index (Phi) is 8.65. The van der Waals surface area contributed by atoms with Crippen molar-refractivity contribution in [3.05, 3.63) is 99.9 Å². The Morgan fingerprint density at radius 1 is 1.12 bits per heavy atom. The molecule has 2 aromatic carbocycles. The quantitative estimate of drug-likeness (QED) is 0.380. The van der Waals surface area contributed by atoms with E-state index < -0.39 is 0 Å². The lowest BCUT2D eigenvalue weighted by atomic mass is 9.89. The minimum Gasteiger partial charge on any atom is -0.402 e. The summed E-state index contributed by atoms with van der Waals surface area (Å²) in [6.45, 7) is 22.4. The summed E-state index contributed by atoms with van der Waals surface area (Å²) in [6, 6.07) is 11.1. The normalized spacial score (nSPS) is 14.6. The van der Waals surface area contributed by atoms with Gasteiger partial charge in [-0.05, 0) is 73.4 Å². The summed E-state index contributed by atoms with van der Waals surface area (Å²) in [5.41, 5.74) is 20.3. The van der Waals surface area contributed by atoms with Crippen molar-refractivity contribution in [1.29, 1.82) is 0 Å². The first kappa shape index (κ1) is 25.2. The van der Waals surface area contributed by atoms with Crippen LogP contribution in [0.2, 0.25) is 0 Å². The van der Waals surface area contributed by atoms with E-state index in [4.69, 9.17) is 5.73 Å². The summed E-state index contributed by atoms with van der Waals surface area (Å²) in [5.74, 6) is 1.05. The lowest BCUT2D eigenvalue weighted by Crippen LogP contribution is -2.10. The van der Waals surface area contributed by atoms with E-state index in [-0.39, 0.29) is 0 Å². The van der Waals surface area contributed by atoms with Crippen LogP contribution in [0.1, 0.15) is 85.4 Å². The fourth-order valence-corrected chi connectivity index (χ4v) is 3.95. The van der Waals surface area contributed by atoms with Crippen LogP contribution in [0.5, 0.6) is 0 Å². The Bertz CT molecular complexity index is 1050. The first-order valence-electron chi connectivity index (χ1n) is 11.3. The molecule has 1 aliphatic rings. The summed E-state index contributed by atoms with van der Waals surface area (Å²) in [4.78, 5) is 0. The van der Waals surface area contributed by atoms with Crippen molar-refractivity contribution in [3.63, 3.8) is 0 Å². The zero-order valence-electron chi connectivity index (χ0n) is 20.8. The SMILES string of the molecule is C=C(N)Cc1cc(C)c(/C(C)=N/NC(=C)C)cc1C(C)C.Cc1ccc2c(c1)C=CC2C. The number of fused-ring (bicyclic) bond motifs is 1. The number of rotatable bonds is 6. The van der Waals surface area contributed by atoms with Gasteiger partial charge >= 0.3 is 0 Å². The highest BCUT2D eigenvalue weighted by Gasteiger charge is 2.13. The average Bonchev–Trinajstić information content (AvgIpc) is 3.06. The van der Waals surface area contributed by atoms with Gasteiger partial charge in [0, 0.05) is 23.4 Å². The molecule has 0 amide bonds. The van der Waals surface area contributed by atoms with Gasteiger partial charge in [0.25, 0.3) is 0 Å². The molecule has 2 aromatic rings. The molecule has 1 atom stereocenters. The molecule has 1 unspecified atom stereocenters. The van der Waals surface area contributed by atoms with Gasteiger partial charge in [0.2, 0.25) is 0 Å². The molecule has 1 aliphatic carbocycles. The Balaban J connectivity index is 0.000000273. The summed E-state index contributed by atoms with van der Waals surface area (Å²) in [6.07, 6.45) is 5.19. The monoisotopic (exact) mass is 429 g/mol. The molecule has 0 fully saturated rings. The van der Waals surface area contributed by atoms with Gasteiger partial charge < -0.3 is 5.73 Å². The van der Waals surface area contributed by atoms with Crippen LogP contribution in [0.4, 0.5) is 0 Å². The van der Waals surface area contributed by atoms with Crippen LogP contribution in [0.25, 0.3) is 6.08 Å². The van der Waals surface area contributed by atoms with Crippen LogP contribution >= 0.6 is 0 Å². The van der Waals surface area contributed by atoms with Crippen LogP contribution in [0, 0.1) is 13.8 Å². The average molecular weight is 430 g/mol. The molecule has 0 spiro atoms. The number of hydrogen-bond acceptors (Lipinski definition) is 3. The minimum atomic E-state index is 0.431. The molecule has 0 radical (unpaired) electrons. The third kappa shape index (κ3) is 6.71. The fourth-order valence-electron chi connectivity index (χ4n) is 3.95. The summed E-state index contributed by atoms with van der Waals surface area (Å²) in [7, 11) is 0. The highest BCUT2D eigenvalue weighted by Crippen LogP contribution is 2.29. The molecule has 0 bridgehead atoms. The van der Waals surface area contributed by atoms with Crippen LogP contribution < -0.4 is 11.2 Å². The third-order valence-corrected chi connectivity index (χ3v) is 5.63. The van der Waals surface area contributed by atoms with E-state index in [9.17, 15) is 0 Å². The topological polar surface area (TPSA) is 50.4 Å². The van der Waals surface area contributed by atoms with Crippen molar-refractivity contribution < 1.29 is 0 Å². The van der Waals surface area contributed by atoms with Crippen LogP contribution in [0.3, 0.4) is 0 Å². The molecule has 3 N–H and O–H groups in total. The molecule has 0 aromatic heterocycles. The molecular formula is C29H39N3. The van der Waals surface area contributed by atoms with Gasteiger partial charge in [-0.25, -0.2) is 0 Å². The predicted octanol–water partition coefficient (Wildman–Crippen LogP) is 7.11. The van der Waals surface area contributed by atoms with Gasteiger partial charge in [0.15, 0.2) is 0 Å². The van der Waals surface area contributed by atoms with Crippen molar-refractivity contribution in [3.8, 4) is 0 Å². The van der Waals surface area contributed by atoms with E-state index in [1.54, 1.807) is 0 Å². The van der Waals surface area contributed by atoms with Gasteiger partial charge in [0.1, 0.15) is 0 Å². The van der Waals surface area contributed by atoms with E-state index in [2.05, 4.69) is 101 Å². The fraction of sp³-hybridized carbons (Fsp3) is 0.345. The second-order valence-electron chi connectivity index (χ2n) is 9.23. The standard InChI is InChI=1S/C18H27N3.C11H12/c1-11(2)17-10-18(15(7)21-20-12(3)4)13(5)8-16(17)9-14(6)19;1-8-3-6-11-9(2)4-5-10(11)7-8/h8,10-11,20H,3,6,9,19H2,1-2,4-5,7H3;3-7,9H,1-2H3/b21-15+;. The highest BCUT2D eigenvalue weighted by atomic mass is 15.3. The van der Waals surface area contributed by atoms with E-state index in [1.165, 1.54) is 33.4 Å². The molecule has 0 heterocycles. The van der Waals surface area contributed by atoms with Gasteiger partial charge in [-0.2, -0.15) is 5.10 Å². The molecule has 3 heteroatoms. The lowest BCUT2D eigenvalue weighted by molar-refractivity contribution is 0.843. The predicted molar refractivity (Wildman–Crippen MR) is 141 cm³/mol. The van der Waals surface area contributed by atoms with Crippen LogP contribution in [0.15, 0.2) is 66.1 Å². The van der Waals surface area contributed by atoms with E-state index in [0.717, 1.165) is 23.4 Å². The largest absolute Gasteiger partial charge is 0.402 e. The zero-order valence-corrected chi connectivity index (χ0v) is 20.8. The second-order valence-corrected chi connectivity index (χ2v) is 9.23. The van der Waals surface area contributed by atoms with Crippen LogP contribution in [-0.2, 0) is 6.42 Å². The lowest BCUT2D eigenvalue weighted by Gasteiger charge is -2.17. The molecule has 0 saturated carbocycles. The van der Waals surface area contributed by atoms with Gasteiger partial charge in [-0.1, -0.05) is 75.9 Å². The van der Waals surface area contributed by atoms with Gasteiger partial charge in [-0.15, -0.1) is 0 Å². The van der Waals surface area contributed by atoms with Gasteiger partial charge in [-0.3, -0.25) is 5.43 Å². The molecule has 32 heavy (non-hydrogen) atoms. The summed E-state index contributed by atoms with van der Waals surface area (Å²) in [5, 5.41) is 4.37. The number of allylic oxidation sites excluding steroid dienone is 3.